The van der Waals surface area contributed by atoms with Gasteiger partial charge in [-0.3, -0.25) is 0 Å². The molecule has 0 fully saturated rings. The zero-order valence-corrected chi connectivity index (χ0v) is 8.21. The molecule has 0 aromatic carbocycles. The summed E-state index contributed by atoms with van der Waals surface area (Å²) in [5.41, 5.74) is 0. The predicted molar refractivity (Wildman–Crippen MR) is 7.61 cm³/mol. The summed E-state index contributed by atoms with van der Waals surface area (Å²) in [4.78, 5) is 25.6. The summed E-state index contributed by atoms with van der Waals surface area (Å²) in [5, 5.41) is 0. The Morgan fingerprint density at radius 1 is 1.14 bits per heavy atom. The van der Waals surface area contributed by atoms with Gasteiger partial charge >= 0.3 is 36.5 Å². The summed E-state index contributed by atoms with van der Waals surface area (Å²) >= 11 is 0. The van der Waals surface area contributed by atoms with E-state index in [0.717, 1.165) is 0 Å². The molecule has 37 valence electrons. The average molecular weight is 215 g/mol. The van der Waals surface area contributed by atoms with Gasteiger partial charge in [-0.15, -0.1) is 0 Å². The summed E-state index contributed by atoms with van der Waals surface area (Å²) in [7, 11) is -5.39. The second kappa shape index (κ2) is 5.39. The molecule has 0 saturated heterocycles. The third-order valence-electron chi connectivity index (χ3n) is 0. The first-order valence-electron chi connectivity index (χ1n) is 0.730. The van der Waals surface area contributed by atoms with Gasteiger partial charge in [0, 0.05) is 0 Å². The van der Waals surface area contributed by atoms with E-state index in [1.807, 2.05) is 0 Å². The van der Waals surface area contributed by atoms with Crippen LogP contribution in [0.25, 0.3) is 0 Å². The van der Waals surface area contributed by atoms with Crippen molar-refractivity contribution in [1.82, 2.24) is 0 Å². The number of hydrogen-bond donors (Lipinski definition) is 0. The van der Waals surface area contributed by atoms with Gasteiger partial charge in [0.05, 0.1) is 0 Å². The summed E-state index contributed by atoms with van der Waals surface area (Å²) in [6.07, 6.45) is 0. The van der Waals surface area contributed by atoms with Gasteiger partial charge in [-0.05, 0) is 0 Å². The average Bonchev–Trinajstić information content (AvgIpc) is 0.722. The molecule has 1 radical (unpaired) electrons. The van der Waals surface area contributed by atoms with E-state index in [9.17, 15) is 0 Å². The van der Waals surface area contributed by atoms with Crippen LogP contribution in [0.3, 0.4) is 0 Å². The smallest absolute Gasteiger partial charge is 0.822 e. The van der Waals surface area contributed by atoms with E-state index in [0.29, 0.717) is 0 Å². The first-order valence-corrected chi connectivity index (χ1v) is 2.19. The van der Waals surface area contributed by atoms with Crippen molar-refractivity contribution in [1.29, 1.82) is 0 Å². The van der Waals surface area contributed by atoms with Crippen LogP contribution >= 0.6 is 7.82 Å². The van der Waals surface area contributed by atoms with E-state index < -0.39 is 7.82 Å². The fourth-order valence-electron chi connectivity index (χ4n) is 0. The maximum atomic E-state index is 8.55. The van der Waals surface area contributed by atoms with Crippen molar-refractivity contribution in [3.63, 3.8) is 0 Å². The zero-order valence-electron chi connectivity index (χ0n) is 3.17. The Hall–Kier alpha value is 1.25. The Morgan fingerprint density at radius 3 is 1.14 bits per heavy atom. The van der Waals surface area contributed by atoms with Gasteiger partial charge in [0.2, 0.25) is 0 Å². The van der Waals surface area contributed by atoms with E-state index in [1.54, 1.807) is 0 Å². The largest absolute Gasteiger partial charge is 2.00 e. The summed E-state index contributed by atoms with van der Waals surface area (Å²) < 4.78 is 8.55. The van der Waals surface area contributed by atoms with Crippen molar-refractivity contribution in [2.24, 2.45) is 0 Å². The van der Waals surface area contributed by atoms with Crippen LogP contribution in [0.4, 0.5) is 0 Å². The van der Waals surface area contributed by atoms with Gasteiger partial charge in [0.25, 0.3) is 0 Å². The Morgan fingerprint density at radius 2 is 1.14 bits per heavy atom. The molecule has 0 spiro atoms. The Labute approximate surface area is 63.8 Å². The predicted octanol–water partition coefficient (Wildman–Crippen LogP) is -2.83. The molecule has 0 aliphatic heterocycles. The summed E-state index contributed by atoms with van der Waals surface area (Å²) in [5.74, 6) is 0. The molecule has 0 unspecified atom stereocenters. The van der Waals surface area contributed by atoms with Crippen LogP contribution < -0.4 is 14.7 Å². The minimum absolute atomic E-state index is 0. The first-order chi connectivity index (χ1) is 2.00. The minimum Gasteiger partial charge on any atom is -0.822 e. The fourth-order valence-corrected chi connectivity index (χ4v) is 0. The van der Waals surface area contributed by atoms with Crippen LogP contribution in [0.2, 0.25) is 0 Å². The molecule has 4 nitrogen and oxygen atoms in total. The topological polar surface area (TPSA) is 86.2 Å². The number of rotatable bonds is 0. The van der Waals surface area contributed by atoms with Gasteiger partial charge in [0.1, 0.15) is 0 Å². The van der Waals surface area contributed by atoms with Gasteiger partial charge < -0.3 is 19.2 Å². The van der Waals surface area contributed by atoms with Crippen LogP contribution in [-0.2, 0) is 41.1 Å². The van der Waals surface area contributed by atoms with E-state index in [-0.39, 0.29) is 36.5 Å². The van der Waals surface area contributed by atoms with Crippen LogP contribution in [0.5, 0.6) is 0 Å². The Balaban J connectivity index is -0.0000000800. The number of hydrogen-bond acceptors (Lipinski definition) is 4. The van der Waals surface area contributed by atoms with Crippen LogP contribution in [0.15, 0.2) is 0 Å². The van der Waals surface area contributed by atoms with Crippen LogP contribution in [0, 0.1) is 0 Å². The monoisotopic (exact) mass is 214 g/mol. The molecule has 7 heavy (non-hydrogen) atoms. The van der Waals surface area contributed by atoms with Crippen molar-refractivity contribution in [3.05, 3.63) is 0 Å². The van der Waals surface area contributed by atoms with Crippen LogP contribution in [0.1, 0.15) is 0 Å². The molecule has 0 atom stereocenters. The molecule has 0 saturated carbocycles. The minimum atomic E-state index is -5.39. The standard InChI is InChI=1S/Mn.H3O4P.Zn/c;1-5(2,3)4;/h;(H3,1,2,3,4);/q+2;;+2/p-3. The van der Waals surface area contributed by atoms with E-state index in [2.05, 4.69) is 0 Å². The molecule has 0 heterocycles. The summed E-state index contributed by atoms with van der Waals surface area (Å²) in [6.45, 7) is 0. The molecule has 0 aliphatic rings. The zero-order chi connectivity index (χ0) is 4.50. The van der Waals surface area contributed by atoms with Crippen molar-refractivity contribution < 1.29 is 55.8 Å². The molecule has 0 aliphatic carbocycles. The maximum Gasteiger partial charge on any atom is 2.00 e. The SMILES string of the molecule is O=P([O-])([O-])[O-].[Mn+2].[Zn+2]. The second-order valence-corrected chi connectivity index (χ2v) is 1.34. The first kappa shape index (κ1) is 15.7. The maximum absolute atomic E-state index is 8.55. The van der Waals surface area contributed by atoms with Crippen molar-refractivity contribution in [2.45, 2.75) is 0 Å². The van der Waals surface area contributed by atoms with Crippen LogP contribution in [-0.4, -0.2) is 0 Å². The molecule has 7 heteroatoms. The fraction of sp³-hybridized carbons (Fsp3) is 0. The summed E-state index contributed by atoms with van der Waals surface area (Å²) in [6, 6.07) is 0. The quantitative estimate of drug-likeness (QED) is 0.322. The van der Waals surface area contributed by atoms with E-state index in [4.69, 9.17) is 19.2 Å². The van der Waals surface area contributed by atoms with E-state index >= 15 is 0 Å². The Kier molecular flexibility index (Phi) is 12.1. The third kappa shape index (κ3) is 127. The normalized spacial score (nSPS) is 8.43. The number of phosphoric acid groups is 1. The molecule has 0 aromatic rings. The van der Waals surface area contributed by atoms with Gasteiger partial charge in [-0.25, -0.2) is 0 Å². The van der Waals surface area contributed by atoms with Crippen molar-refractivity contribution >= 4 is 7.82 Å². The molecule has 0 N–H and O–H groups in total. The molecule has 0 amide bonds. The third-order valence-corrected chi connectivity index (χ3v) is 0. The second-order valence-electron chi connectivity index (χ2n) is 0.447. The van der Waals surface area contributed by atoms with Gasteiger partial charge in [-0.2, -0.15) is 7.82 Å². The molecule has 0 rings (SSSR count). The molecule has 0 aromatic heterocycles. The van der Waals surface area contributed by atoms with Gasteiger partial charge in [0.15, 0.2) is 0 Å². The van der Waals surface area contributed by atoms with Crippen molar-refractivity contribution in [3.8, 4) is 0 Å². The molecule has 0 bridgehead atoms. The van der Waals surface area contributed by atoms with Gasteiger partial charge in [-0.1, -0.05) is 0 Å². The molecular weight excluding hydrogens is 215 g/mol. The Bertz CT molecular complexity index is 57.8. The van der Waals surface area contributed by atoms with E-state index in [1.165, 1.54) is 0 Å². The molecular formula is MnO4PZn+. The van der Waals surface area contributed by atoms with Crippen molar-refractivity contribution in [2.75, 3.05) is 0 Å².